The highest BCUT2D eigenvalue weighted by Gasteiger charge is 2.11. The molecule has 1 N–H and O–H groups in total. The summed E-state index contributed by atoms with van der Waals surface area (Å²) < 4.78 is 6.05. The summed E-state index contributed by atoms with van der Waals surface area (Å²) in [4.78, 5) is 0. The van der Waals surface area contributed by atoms with Crippen molar-refractivity contribution in [2.45, 2.75) is 20.4 Å². The van der Waals surface area contributed by atoms with Gasteiger partial charge < -0.3 is 9.73 Å². The average molecular weight is 239 g/mol. The molecule has 1 aromatic heterocycles. The molecule has 92 valence electrons. The minimum atomic E-state index is 0.797. The number of fused-ring (bicyclic) bond motifs is 3. The zero-order chi connectivity index (χ0) is 12.5. The highest BCUT2D eigenvalue weighted by atomic mass is 16.3. The normalized spacial score (nSPS) is 11.4. The van der Waals surface area contributed by atoms with Crippen LogP contribution in [-0.4, -0.2) is 6.54 Å². The molecule has 2 nitrogen and oxygen atoms in total. The predicted octanol–water partition coefficient (Wildman–Crippen LogP) is 4.00. The Bertz CT molecular complexity index is 697. The summed E-state index contributed by atoms with van der Waals surface area (Å²) in [5.41, 5.74) is 2.26. The fourth-order valence-corrected chi connectivity index (χ4v) is 2.41. The maximum absolute atomic E-state index is 6.05. The zero-order valence-corrected chi connectivity index (χ0v) is 10.8. The van der Waals surface area contributed by atoms with Crippen molar-refractivity contribution in [1.29, 1.82) is 0 Å². The van der Waals surface area contributed by atoms with Gasteiger partial charge in [-0.1, -0.05) is 43.3 Å². The van der Waals surface area contributed by atoms with Crippen LogP contribution in [0.1, 0.15) is 18.2 Å². The second kappa shape index (κ2) is 4.46. The molecule has 0 spiro atoms. The molecule has 0 radical (unpaired) electrons. The Labute approximate surface area is 107 Å². The van der Waals surface area contributed by atoms with Gasteiger partial charge in [-0.05, 0) is 24.4 Å². The second-order valence-electron chi connectivity index (χ2n) is 4.59. The molecular weight excluding hydrogens is 222 g/mol. The Morgan fingerprint density at radius 1 is 1.06 bits per heavy atom. The quantitative estimate of drug-likeness (QED) is 0.747. The van der Waals surface area contributed by atoms with Crippen molar-refractivity contribution < 1.29 is 4.42 Å². The van der Waals surface area contributed by atoms with Gasteiger partial charge in [0, 0.05) is 10.8 Å². The fourth-order valence-electron chi connectivity index (χ4n) is 2.41. The number of furan rings is 1. The summed E-state index contributed by atoms with van der Waals surface area (Å²) in [5.74, 6) is 1.04. The van der Waals surface area contributed by atoms with Crippen LogP contribution < -0.4 is 5.32 Å². The van der Waals surface area contributed by atoms with E-state index in [1.54, 1.807) is 0 Å². The molecule has 3 aromatic rings. The lowest BCUT2D eigenvalue weighted by molar-refractivity contribution is 0.518. The summed E-state index contributed by atoms with van der Waals surface area (Å²) in [7, 11) is 0. The Hall–Kier alpha value is -1.80. The molecule has 0 aliphatic heterocycles. The van der Waals surface area contributed by atoms with Gasteiger partial charge in [-0.25, -0.2) is 0 Å². The summed E-state index contributed by atoms with van der Waals surface area (Å²) in [6, 6.07) is 12.7. The predicted molar refractivity (Wildman–Crippen MR) is 75.8 cm³/mol. The highest BCUT2D eigenvalue weighted by Crippen LogP contribution is 2.31. The largest absolute Gasteiger partial charge is 0.459 e. The number of aryl methyl sites for hydroxylation is 1. The molecule has 3 rings (SSSR count). The molecule has 0 saturated heterocycles. The first-order valence-corrected chi connectivity index (χ1v) is 6.41. The van der Waals surface area contributed by atoms with Gasteiger partial charge in [0.25, 0.3) is 0 Å². The van der Waals surface area contributed by atoms with Crippen molar-refractivity contribution in [2.75, 3.05) is 6.54 Å². The van der Waals surface area contributed by atoms with E-state index in [1.807, 2.05) is 0 Å². The van der Waals surface area contributed by atoms with E-state index in [9.17, 15) is 0 Å². The third-order valence-corrected chi connectivity index (χ3v) is 3.46. The van der Waals surface area contributed by atoms with Gasteiger partial charge in [-0.2, -0.15) is 0 Å². The SMILES string of the molecule is CCNCc1oc2c(ccc3ccccc32)c1C. The first-order chi connectivity index (χ1) is 8.81. The van der Waals surface area contributed by atoms with E-state index in [0.717, 1.165) is 24.4 Å². The molecule has 0 bridgehead atoms. The minimum absolute atomic E-state index is 0.797. The van der Waals surface area contributed by atoms with Crippen LogP contribution in [0.15, 0.2) is 40.8 Å². The average Bonchev–Trinajstić information content (AvgIpc) is 2.74. The first-order valence-electron chi connectivity index (χ1n) is 6.41. The molecule has 0 saturated carbocycles. The van der Waals surface area contributed by atoms with E-state index in [0.29, 0.717) is 0 Å². The third kappa shape index (κ3) is 1.70. The first kappa shape index (κ1) is 11.3. The highest BCUT2D eigenvalue weighted by molar-refractivity contribution is 6.05. The molecule has 18 heavy (non-hydrogen) atoms. The summed E-state index contributed by atoms with van der Waals surface area (Å²) >= 11 is 0. The smallest absolute Gasteiger partial charge is 0.142 e. The van der Waals surface area contributed by atoms with E-state index in [2.05, 4.69) is 55.6 Å². The van der Waals surface area contributed by atoms with Gasteiger partial charge in [0.1, 0.15) is 11.3 Å². The summed E-state index contributed by atoms with van der Waals surface area (Å²) in [5, 5.41) is 6.97. The lowest BCUT2D eigenvalue weighted by Crippen LogP contribution is -2.11. The maximum atomic E-state index is 6.05. The minimum Gasteiger partial charge on any atom is -0.459 e. The molecule has 0 unspecified atom stereocenters. The van der Waals surface area contributed by atoms with Gasteiger partial charge in [-0.3, -0.25) is 0 Å². The molecule has 0 amide bonds. The van der Waals surface area contributed by atoms with Crippen LogP contribution in [0.25, 0.3) is 21.7 Å². The molecule has 0 fully saturated rings. The number of benzene rings is 2. The van der Waals surface area contributed by atoms with Gasteiger partial charge in [0.2, 0.25) is 0 Å². The molecular formula is C16H17NO. The molecule has 2 aromatic carbocycles. The Morgan fingerprint density at radius 3 is 2.72 bits per heavy atom. The van der Waals surface area contributed by atoms with Crippen molar-refractivity contribution in [3.8, 4) is 0 Å². The van der Waals surface area contributed by atoms with Crippen LogP contribution in [-0.2, 0) is 6.54 Å². The second-order valence-corrected chi connectivity index (χ2v) is 4.59. The van der Waals surface area contributed by atoms with Crippen molar-refractivity contribution >= 4 is 21.7 Å². The summed E-state index contributed by atoms with van der Waals surface area (Å²) in [6.45, 7) is 5.99. The molecule has 0 aliphatic rings. The topological polar surface area (TPSA) is 25.2 Å². The van der Waals surface area contributed by atoms with E-state index in [-0.39, 0.29) is 0 Å². The van der Waals surface area contributed by atoms with E-state index in [1.165, 1.54) is 21.7 Å². The number of nitrogens with one attached hydrogen (secondary N) is 1. The maximum Gasteiger partial charge on any atom is 0.142 e. The zero-order valence-electron chi connectivity index (χ0n) is 10.8. The van der Waals surface area contributed by atoms with Gasteiger partial charge in [-0.15, -0.1) is 0 Å². The standard InChI is InChI=1S/C16H17NO/c1-3-17-10-15-11(2)13-9-8-12-6-4-5-7-14(12)16(13)18-15/h4-9,17H,3,10H2,1-2H3. The van der Waals surface area contributed by atoms with E-state index >= 15 is 0 Å². The molecule has 2 heteroatoms. The third-order valence-electron chi connectivity index (χ3n) is 3.46. The Morgan fingerprint density at radius 2 is 1.89 bits per heavy atom. The Balaban J connectivity index is 2.25. The van der Waals surface area contributed by atoms with E-state index < -0.39 is 0 Å². The van der Waals surface area contributed by atoms with Gasteiger partial charge >= 0.3 is 0 Å². The van der Waals surface area contributed by atoms with Crippen LogP contribution in [0, 0.1) is 6.92 Å². The summed E-state index contributed by atoms with van der Waals surface area (Å²) in [6.07, 6.45) is 0. The van der Waals surface area contributed by atoms with Crippen molar-refractivity contribution in [1.82, 2.24) is 5.32 Å². The van der Waals surface area contributed by atoms with Crippen LogP contribution >= 0.6 is 0 Å². The van der Waals surface area contributed by atoms with E-state index in [4.69, 9.17) is 4.42 Å². The van der Waals surface area contributed by atoms with Crippen LogP contribution in [0.3, 0.4) is 0 Å². The van der Waals surface area contributed by atoms with Crippen molar-refractivity contribution in [3.63, 3.8) is 0 Å². The van der Waals surface area contributed by atoms with Crippen LogP contribution in [0.4, 0.5) is 0 Å². The van der Waals surface area contributed by atoms with Crippen molar-refractivity contribution in [3.05, 3.63) is 47.7 Å². The number of hydrogen-bond acceptors (Lipinski definition) is 2. The van der Waals surface area contributed by atoms with Gasteiger partial charge in [0.15, 0.2) is 0 Å². The molecule has 0 aliphatic carbocycles. The Kier molecular flexibility index (Phi) is 2.80. The number of hydrogen-bond donors (Lipinski definition) is 1. The monoisotopic (exact) mass is 239 g/mol. The molecule has 1 heterocycles. The fraction of sp³-hybridized carbons (Fsp3) is 0.250. The lowest BCUT2D eigenvalue weighted by atomic mass is 10.1. The van der Waals surface area contributed by atoms with Crippen LogP contribution in [0.2, 0.25) is 0 Å². The molecule has 0 atom stereocenters. The van der Waals surface area contributed by atoms with Crippen LogP contribution in [0.5, 0.6) is 0 Å². The van der Waals surface area contributed by atoms with Gasteiger partial charge in [0.05, 0.1) is 6.54 Å². The number of rotatable bonds is 3. The lowest BCUT2D eigenvalue weighted by Gasteiger charge is -1.98. The van der Waals surface area contributed by atoms with Crippen molar-refractivity contribution in [2.24, 2.45) is 0 Å².